The van der Waals surface area contributed by atoms with E-state index in [0.717, 1.165) is 24.8 Å². The van der Waals surface area contributed by atoms with Crippen LogP contribution in [0.3, 0.4) is 0 Å². The van der Waals surface area contributed by atoms with Crippen LogP contribution in [0.15, 0.2) is 12.1 Å². The maximum absolute atomic E-state index is 13.5. The molecule has 1 aromatic carbocycles. The zero-order valence-electron chi connectivity index (χ0n) is 8.52. The van der Waals surface area contributed by atoms with Crippen LogP contribution in [0, 0.1) is 5.82 Å². The van der Waals surface area contributed by atoms with E-state index in [1.807, 2.05) is 13.0 Å². The van der Waals surface area contributed by atoms with Crippen molar-refractivity contribution in [1.82, 2.24) is 0 Å². The summed E-state index contributed by atoms with van der Waals surface area (Å²) >= 11 is 0. The van der Waals surface area contributed by atoms with Crippen molar-refractivity contribution in [3.05, 3.63) is 34.6 Å². The van der Waals surface area contributed by atoms with Crippen LogP contribution in [0.2, 0.25) is 0 Å². The molecule has 0 aromatic heterocycles. The lowest BCUT2D eigenvalue weighted by molar-refractivity contribution is 0.594. The molecule has 2 heteroatoms. The minimum Gasteiger partial charge on any atom is -0.328 e. The second-order valence-corrected chi connectivity index (χ2v) is 4.25. The molecule has 1 nitrogen and oxygen atoms in total. The van der Waals surface area contributed by atoms with Crippen LogP contribution in [0.25, 0.3) is 0 Å². The molecule has 0 fully saturated rings. The summed E-state index contributed by atoms with van der Waals surface area (Å²) in [5.74, 6) is -0.0806. The van der Waals surface area contributed by atoms with Crippen molar-refractivity contribution < 1.29 is 4.39 Å². The molecule has 76 valence electrons. The summed E-state index contributed by atoms with van der Waals surface area (Å²) in [6.45, 7) is 1.91. The Morgan fingerprint density at radius 3 is 2.64 bits per heavy atom. The number of hydrogen-bond acceptors (Lipinski definition) is 1. The first-order valence-corrected chi connectivity index (χ1v) is 5.22. The van der Waals surface area contributed by atoms with Crippen molar-refractivity contribution in [1.29, 1.82) is 0 Å². The van der Waals surface area contributed by atoms with Gasteiger partial charge in [0.05, 0.1) is 0 Å². The Morgan fingerprint density at radius 2 is 2.00 bits per heavy atom. The van der Waals surface area contributed by atoms with Gasteiger partial charge in [-0.15, -0.1) is 0 Å². The largest absolute Gasteiger partial charge is 0.328 e. The minimum absolute atomic E-state index is 0.0314. The first kappa shape index (κ1) is 9.66. The number of aryl methyl sites for hydroxylation is 2. The van der Waals surface area contributed by atoms with E-state index in [1.54, 1.807) is 6.07 Å². The molecule has 1 atom stereocenters. The van der Waals surface area contributed by atoms with Gasteiger partial charge in [-0.1, -0.05) is 6.07 Å². The SMILES string of the molecule is CC(N)Cc1cc2c(cc1F)CCC2. The van der Waals surface area contributed by atoms with E-state index in [2.05, 4.69) is 0 Å². The first-order chi connectivity index (χ1) is 6.66. The molecule has 1 aliphatic carbocycles. The standard InChI is InChI=1S/C12H16FN/c1-8(14)5-11-6-9-3-2-4-10(9)7-12(11)13/h6-8H,2-5,14H2,1H3. The van der Waals surface area contributed by atoms with Gasteiger partial charge in [-0.3, -0.25) is 0 Å². The summed E-state index contributed by atoms with van der Waals surface area (Å²) in [6.07, 6.45) is 3.93. The number of halogens is 1. The molecular formula is C12H16FN. The fourth-order valence-corrected chi connectivity index (χ4v) is 2.15. The Kier molecular flexibility index (Phi) is 2.55. The van der Waals surface area contributed by atoms with Crippen molar-refractivity contribution in [2.75, 3.05) is 0 Å². The van der Waals surface area contributed by atoms with Crippen molar-refractivity contribution in [3.8, 4) is 0 Å². The molecule has 1 unspecified atom stereocenters. The first-order valence-electron chi connectivity index (χ1n) is 5.22. The summed E-state index contributed by atoms with van der Waals surface area (Å²) in [7, 11) is 0. The van der Waals surface area contributed by atoms with E-state index in [1.165, 1.54) is 11.1 Å². The molecule has 2 N–H and O–H groups in total. The predicted molar refractivity (Wildman–Crippen MR) is 55.8 cm³/mol. The van der Waals surface area contributed by atoms with Crippen molar-refractivity contribution in [2.45, 2.75) is 38.6 Å². The quantitative estimate of drug-likeness (QED) is 0.765. The smallest absolute Gasteiger partial charge is 0.126 e. The van der Waals surface area contributed by atoms with Gasteiger partial charge >= 0.3 is 0 Å². The molecule has 0 heterocycles. The molecular weight excluding hydrogens is 177 g/mol. The molecule has 14 heavy (non-hydrogen) atoms. The molecule has 0 saturated carbocycles. The van der Waals surface area contributed by atoms with E-state index in [9.17, 15) is 4.39 Å². The van der Waals surface area contributed by atoms with Crippen molar-refractivity contribution >= 4 is 0 Å². The van der Waals surface area contributed by atoms with Crippen molar-refractivity contribution in [3.63, 3.8) is 0 Å². The summed E-state index contributed by atoms with van der Waals surface area (Å²) in [5.41, 5.74) is 8.96. The number of benzene rings is 1. The molecule has 0 radical (unpaired) electrons. The maximum atomic E-state index is 13.5. The van der Waals surface area contributed by atoms with E-state index < -0.39 is 0 Å². The van der Waals surface area contributed by atoms with E-state index in [0.29, 0.717) is 6.42 Å². The van der Waals surface area contributed by atoms with Crippen LogP contribution < -0.4 is 5.73 Å². The number of fused-ring (bicyclic) bond motifs is 1. The monoisotopic (exact) mass is 193 g/mol. The number of nitrogens with two attached hydrogens (primary N) is 1. The Balaban J connectivity index is 2.32. The van der Waals surface area contributed by atoms with Crippen LogP contribution in [0.1, 0.15) is 30.0 Å². The van der Waals surface area contributed by atoms with Gasteiger partial charge in [0.15, 0.2) is 0 Å². The Bertz CT molecular complexity index is 344. The number of rotatable bonds is 2. The molecule has 0 saturated heterocycles. The summed E-state index contributed by atoms with van der Waals surface area (Å²) in [4.78, 5) is 0. The fourth-order valence-electron chi connectivity index (χ4n) is 2.15. The highest BCUT2D eigenvalue weighted by Gasteiger charge is 2.15. The van der Waals surface area contributed by atoms with Crippen molar-refractivity contribution in [2.24, 2.45) is 5.73 Å². The molecule has 0 bridgehead atoms. The Morgan fingerprint density at radius 1 is 1.36 bits per heavy atom. The molecule has 0 spiro atoms. The zero-order valence-corrected chi connectivity index (χ0v) is 8.52. The lowest BCUT2D eigenvalue weighted by Gasteiger charge is -2.09. The lowest BCUT2D eigenvalue weighted by atomic mass is 10.0. The average molecular weight is 193 g/mol. The van der Waals surface area contributed by atoms with Crippen LogP contribution in [0.5, 0.6) is 0 Å². The van der Waals surface area contributed by atoms with Gasteiger partial charge in [-0.05, 0) is 55.4 Å². The number of hydrogen-bond donors (Lipinski definition) is 1. The van der Waals surface area contributed by atoms with Gasteiger partial charge in [-0.25, -0.2) is 4.39 Å². The minimum atomic E-state index is -0.0806. The third-order valence-electron chi connectivity index (χ3n) is 2.80. The summed E-state index contributed by atoms with van der Waals surface area (Å²) in [6, 6.07) is 3.73. The molecule has 1 aromatic rings. The molecule has 1 aliphatic rings. The fraction of sp³-hybridized carbons (Fsp3) is 0.500. The van der Waals surface area contributed by atoms with E-state index in [4.69, 9.17) is 5.73 Å². The highest BCUT2D eigenvalue weighted by atomic mass is 19.1. The summed E-state index contributed by atoms with van der Waals surface area (Å²) in [5, 5.41) is 0. The van der Waals surface area contributed by atoms with Gasteiger partial charge in [0.25, 0.3) is 0 Å². The predicted octanol–water partition coefficient (Wildman–Crippen LogP) is 2.20. The summed E-state index contributed by atoms with van der Waals surface area (Å²) < 4.78 is 13.5. The van der Waals surface area contributed by atoms with Gasteiger partial charge in [0, 0.05) is 6.04 Å². The van der Waals surface area contributed by atoms with Gasteiger partial charge < -0.3 is 5.73 Å². The van der Waals surface area contributed by atoms with Crippen LogP contribution in [-0.2, 0) is 19.3 Å². The van der Waals surface area contributed by atoms with Crippen LogP contribution >= 0.6 is 0 Å². The van der Waals surface area contributed by atoms with Gasteiger partial charge in [-0.2, -0.15) is 0 Å². The Hall–Kier alpha value is -0.890. The molecule has 0 amide bonds. The van der Waals surface area contributed by atoms with Crippen LogP contribution in [-0.4, -0.2) is 6.04 Å². The average Bonchev–Trinajstić information content (AvgIpc) is 2.51. The van der Waals surface area contributed by atoms with E-state index >= 15 is 0 Å². The van der Waals surface area contributed by atoms with Gasteiger partial charge in [0.1, 0.15) is 5.82 Å². The van der Waals surface area contributed by atoms with E-state index in [-0.39, 0.29) is 11.9 Å². The maximum Gasteiger partial charge on any atom is 0.126 e. The van der Waals surface area contributed by atoms with Crippen LogP contribution in [0.4, 0.5) is 4.39 Å². The van der Waals surface area contributed by atoms with Gasteiger partial charge in [0.2, 0.25) is 0 Å². The molecule has 2 rings (SSSR count). The second-order valence-electron chi connectivity index (χ2n) is 4.25. The third-order valence-corrected chi connectivity index (χ3v) is 2.80. The topological polar surface area (TPSA) is 26.0 Å². The highest BCUT2D eigenvalue weighted by Crippen LogP contribution is 2.25. The third kappa shape index (κ3) is 1.80. The molecule has 0 aliphatic heterocycles. The highest BCUT2D eigenvalue weighted by molar-refractivity contribution is 5.36. The normalized spacial score (nSPS) is 16.8. The Labute approximate surface area is 84.1 Å². The lowest BCUT2D eigenvalue weighted by Crippen LogP contribution is -2.18. The zero-order chi connectivity index (χ0) is 10.1. The second kappa shape index (κ2) is 3.70.